The Morgan fingerprint density at radius 1 is 0.833 bits per heavy atom. The van der Waals surface area contributed by atoms with Gasteiger partial charge in [-0.25, -0.2) is 0 Å². The van der Waals surface area contributed by atoms with Gasteiger partial charge in [-0.3, -0.25) is 4.98 Å². The molecule has 0 aliphatic carbocycles. The summed E-state index contributed by atoms with van der Waals surface area (Å²) in [7, 11) is 0. The maximum Gasteiger partial charge on any atom is 0.0535 e. The molecule has 0 aliphatic rings. The molecular weight excluding hydrogens is 218 g/mol. The zero-order chi connectivity index (χ0) is 13.6. The molecule has 1 heteroatoms. The lowest BCUT2D eigenvalue weighted by Gasteiger charge is -2.22. The number of benzene rings is 1. The van der Waals surface area contributed by atoms with Crippen molar-refractivity contribution in [2.75, 3.05) is 0 Å². The van der Waals surface area contributed by atoms with Gasteiger partial charge in [0, 0.05) is 17.0 Å². The van der Waals surface area contributed by atoms with Crippen LogP contribution < -0.4 is 0 Å². The van der Waals surface area contributed by atoms with Gasteiger partial charge < -0.3 is 0 Å². The molecule has 0 aliphatic heterocycles. The van der Waals surface area contributed by atoms with Gasteiger partial charge in [-0.15, -0.1) is 0 Å². The second kappa shape index (κ2) is 4.08. The molecule has 96 valence electrons. The van der Waals surface area contributed by atoms with Gasteiger partial charge in [0.15, 0.2) is 0 Å². The van der Waals surface area contributed by atoms with E-state index in [2.05, 4.69) is 70.8 Å². The Labute approximate surface area is 110 Å². The van der Waals surface area contributed by atoms with E-state index in [0.29, 0.717) is 0 Å². The highest BCUT2D eigenvalue weighted by molar-refractivity contribution is 5.86. The summed E-state index contributed by atoms with van der Waals surface area (Å²) in [5.41, 5.74) is 2.84. The predicted octanol–water partition coefficient (Wildman–Crippen LogP) is 4.83. The van der Waals surface area contributed by atoms with Crippen molar-refractivity contribution in [2.24, 2.45) is 0 Å². The van der Waals surface area contributed by atoms with Crippen LogP contribution in [0.3, 0.4) is 0 Å². The van der Waals surface area contributed by atoms with Gasteiger partial charge in [-0.05, 0) is 22.4 Å². The maximum absolute atomic E-state index is 4.57. The van der Waals surface area contributed by atoms with E-state index in [-0.39, 0.29) is 10.8 Å². The first-order valence-corrected chi connectivity index (χ1v) is 6.59. The highest BCUT2D eigenvalue weighted by Gasteiger charge is 2.19. The van der Waals surface area contributed by atoms with Crippen molar-refractivity contribution in [3.63, 3.8) is 0 Å². The van der Waals surface area contributed by atoms with E-state index >= 15 is 0 Å². The first-order chi connectivity index (χ1) is 8.19. The topological polar surface area (TPSA) is 12.9 Å². The fraction of sp³-hybridized carbons (Fsp3) is 0.471. The number of fused-ring (bicyclic) bond motifs is 1. The number of aromatic nitrogens is 1. The van der Waals surface area contributed by atoms with Gasteiger partial charge in [0.1, 0.15) is 0 Å². The number of pyridine rings is 1. The van der Waals surface area contributed by atoms with Crippen LogP contribution >= 0.6 is 0 Å². The average Bonchev–Trinajstić information content (AvgIpc) is 2.25. The van der Waals surface area contributed by atoms with Crippen molar-refractivity contribution in [1.82, 2.24) is 4.98 Å². The third-order valence-electron chi connectivity index (χ3n) is 3.34. The van der Waals surface area contributed by atoms with Crippen LogP contribution in [0.15, 0.2) is 30.5 Å². The number of nitrogens with zero attached hydrogens (tertiary/aromatic N) is 1. The molecule has 0 N–H and O–H groups in total. The second-order valence-corrected chi connectivity index (χ2v) is 7.10. The summed E-state index contributed by atoms with van der Waals surface area (Å²) in [4.78, 5) is 4.57. The summed E-state index contributed by atoms with van der Waals surface area (Å²) in [5, 5.41) is 2.57. The second-order valence-electron chi connectivity index (χ2n) is 7.10. The highest BCUT2D eigenvalue weighted by atomic mass is 14.7. The fourth-order valence-electron chi connectivity index (χ4n) is 2.24. The molecular formula is C17H23N. The Morgan fingerprint density at radius 2 is 1.50 bits per heavy atom. The Bertz CT molecular complexity index is 568. The minimum atomic E-state index is 0.0861. The third-order valence-corrected chi connectivity index (χ3v) is 3.34. The third kappa shape index (κ3) is 2.40. The Hall–Kier alpha value is -1.37. The summed E-state index contributed by atoms with van der Waals surface area (Å²) >= 11 is 0. The average molecular weight is 241 g/mol. The first-order valence-electron chi connectivity index (χ1n) is 6.59. The number of hydrogen-bond acceptors (Lipinski definition) is 1. The molecule has 0 spiro atoms. The van der Waals surface area contributed by atoms with Gasteiger partial charge >= 0.3 is 0 Å². The van der Waals surface area contributed by atoms with E-state index in [9.17, 15) is 0 Å². The van der Waals surface area contributed by atoms with Gasteiger partial charge in [-0.2, -0.15) is 0 Å². The predicted molar refractivity (Wildman–Crippen MR) is 79.1 cm³/mol. The molecule has 18 heavy (non-hydrogen) atoms. The van der Waals surface area contributed by atoms with Crippen LogP contribution in [0, 0.1) is 0 Å². The van der Waals surface area contributed by atoms with Gasteiger partial charge in [0.05, 0.1) is 5.69 Å². The molecule has 0 unspecified atom stereocenters. The van der Waals surface area contributed by atoms with Crippen LogP contribution in [0.1, 0.15) is 52.8 Å². The SMILES string of the molecule is CC(C)(C)c1ccc2c(C(C)(C)C)nccc2c1. The van der Waals surface area contributed by atoms with Crippen LogP contribution in [0.4, 0.5) is 0 Å². The molecule has 0 saturated carbocycles. The molecule has 2 aromatic rings. The molecule has 0 bridgehead atoms. The zero-order valence-corrected chi connectivity index (χ0v) is 12.3. The monoisotopic (exact) mass is 241 g/mol. The number of hydrogen-bond donors (Lipinski definition) is 0. The van der Waals surface area contributed by atoms with E-state index < -0.39 is 0 Å². The molecule has 0 saturated heterocycles. The van der Waals surface area contributed by atoms with Crippen molar-refractivity contribution in [1.29, 1.82) is 0 Å². The van der Waals surface area contributed by atoms with Crippen LogP contribution in [0.25, 0.3) is 10.8 Å². The lowest BCUT2D eigenvalue weighted by molar-refractivity contribution is 0.575. The normalized spacial score (nSPS) is 13.0. The van der Waals surface area contributed by atoms with E-state index in [1.807, 2.05) is 6.20 Å². The van der Waals surface area contributed by atoms with Crippen molar-refractivity contribution < 1.29 is 0 Å². The van der Waals surface area contributed by atoms with Crippen molar-refractivity contribution in [2.45, 2.75) is 52.4 Å². The van der Waals surface area contributed by atoms with Crippen LogP contribution in [0.5, 0.6) is 0 Å². The summed E-state index contributed by atoms with van der Waals surface area (Å²) in [6.45, 7) is 13.4. The molecule has 2 rings (SSSR count). The molecule has 0 radical (unpaired) electrons. The minimum Gasteiger partial charge on any atom is -0.260 e. The minimum absolute atomic E-state index is 0.0861. The highest BCUT2D eigenvalue weighted by Crippen LogP contribution is 2.31. The Morgan fingerprint density at radius 3 is 2.06 bits per heavy atom. The number of rotatable bonds is 0. The fourth-order valence-corrected chi connectivity index (χ4v) is 2.24. The zero-order valence-electron chi connectivity index (χ0n) is 12.3. The van der Waals surface area contributed by atoms with E-state index in [1.165, 1.54) is 22.0 Å². The smallest absolute Gasteiger partial charge is 0.0535 e. The Kier molecular flexibility index (Phi) is 2.96. The lowest BCUT2D eigenvalue weighted by Crippen LogP contribution is -2.15. The van der Waals surface area contributed by atoms with Crippen LogP contribution in [-0.2, 0) is 10.8 Å². The van der Waals surface area contributed by atoms with Crippen LogP contribution in [-0.4, -0.2) is 4.98 Å². The van der Waals surface area contributed by atoms with Gasteiger partial charge in [0.2, 0.25) is 0 Å². The van der Waals surface area contributed by atoms with Gasteiger partial charge in [-0.1, -0.05) is 59.7 Å². The molecule has 1 nitrogen and oxygen atoms in total. The summed E-state index contributed by atoms with van der Waals surface area (Å²) in [6.07, 6.45) is 1.93. The molecule has 0 fully saturated rings. The maximum atomic E-state index is 4.57. The largest absolute Gasteiger partial charge is 0.260 e. The molecule has 0 amide bonds. The summed E-state index contributed by atoms with van der Waals surface area (Å²) < 4.78 is 0. The molecule has 1 aromatic carbocycles. The lowest BCUT2D eigenvalue weighted by atomic mass is 9.84. The van der Waals surface area contributed by atoms with E-state index in [4.69, 9.17) is 0 Å². The quantitative estimate of drug-likeness (QED) is 0.643. The molecule has 1 heterocycles. The first kappa shape index (κ1) is 13.1. The summed E-state index contributed by atoms with van der Waals surface area (Å²) in [6, 6.07) is 8.87. The molecule has 0 atom stereocenters. The van der Waals surface area contributed by atoms with Crippen molar-refractivity contribution in [3.8, 4) is 0 Å². The Balaban J connectivity index is 2.68. The van der Waals surface area contributed by atoms with Gasteiger partial charge in [0.25, 0.3) is 0 Å². The van der Waals surface area contributed by atoms with Crippen molar-refractivity contribution >= 4 is 10.8 Å². The standard InChI is InChI=1S/C17H23N/c1-16(2,3)13-7-8-14-12(11-13)9-10-18-15(14)17(4,5)6/h7-11H,1-6H3. The van der Waals surface area contributed by atoms with E-state index in [1.54, 1.807) is 0 Å². The van der Waals surface area contributed by atoms with E-state index in [0.717, 1.165) is 0 Å². The van der Waals surface area contributed by atoms with Crippen LogP contribution in [0.2, 0.25) is 0 Å². The van der Waals surface area contributed by atoms with Crippen molar-refractivity contribution in [3.05, 3.63) is 41.7 Å². The molecule has 1 aromatic heterocycles. The summed E-state index contributed by atoms with van der Waals surface area (Å²) in [5.74, 6) is 0.